The average molecular weight is 274 g/mol. The topological polar surface area (TPSA) is 46.8 Å². The third kappa shape index (κ3) is 2.22. The summed E-state index contributed by atoms with van der Waals surface area (Å²) in [7, 11) is 0. The monoisotopic (exact) mass is 274 g/mol. The minimum atomic E-state index is -0.0969. The van der Waals surface area contributed by atoms with Gasteiger partial charge in [-0.25, -0.2) is 0 Å². The maximum Gasteiger partial charge on any atom is 0.244 e. The number of aryl methyl sites for hydroxylation is 1. The SMILES string of the molecule is CCc1ccc(Oc2nc3sccn3c2CO)cc1. The average Bonchev–Trinajstić information content (AvgIpc) is 3.00. The lowest BCUT2D eigenvalue weighted by Crippen LogP contribution is -1.93. The van der Waals surface area contributed by atoms with Crippen LogP contribution in [0, 0.1) is 0 Å². The quantitative estimate of drug-likeness (QED) is 0.794. The fourth-order valence-electron chi connectivity index (χ4n) is 1.94. The minimum absolute atomic E-state index is 0.0969. The molecule has 0 saturated carbocycles. The highest BCUT2D eigenvalue weighted by molar-refractivity contribution is 7.15. The van der Waals surface area contributed by atoms with Crippen LogP contribution in [0.2, 0.25) is 0 Å². The first kappa shape index (κ1) is 12.2. The second-order valence-corrected chi connectivity index (χ2v) is 5.05. The summed E-state index contributed by atoms with van der Waals surface area (Å²) in [4.78, 5) is 5.20. The lowest BCUT2D eigenvalue weighted by atomic mass is 10.2. The van der Waals surface area contributed by atoms with E-state index in [-0.39, 0.29) is 6.61 Å². The predicted octanol–water partition coefficient (Wildman–Crippen LogP) is 3.24. The number of rotatable bonds is 4. The van der Waals surface area contributed by atoms with Crippen molar-refractivity contribution in [3.8, 4) is 11.6 Å². The Hall–Kier alpha value is -1.85. The Labute approximate surface area is 114 Å². The largest absolute Gasteiger partial charge is 0.437 e. The Kier molecular flexibility index (Phi) is 3.23. The molecule has 3 aromatic rings. The van der Waals surface area contributed by atoms with E-state index in [1.807, 2.05) is 40.2 Å². The number of hydrogen-bond acceptors (Lipinski definition) is 4. The molecule has 0 aliphatic heterocycles. The molecule has 1 N–H and O–H groups in total. The molecule has 0 atom stereocenters. The molecule has 0 aliphatic rings. The zero-order chi connectivity index (χ0) is 13.2. The highest BCUT2D eigenvalue weighted by atomic mass is 32.1. The van der Waals surface area contributed by atoms with E-state index in [4.69, 9.17) is 4.74 Å². The Bertz CT molecular complexity index is 685. The molecule has 2 aromatic heterocycles. The molecule has 5 heteroatoms. The highest BCUT2D eigenvalue weighted by Gasteiger charge is 2.14. The Morgan fingerprint density at radius 3 is 2.79 bits per heavy atom. The summed E-state index contributed by atoms with van der Waals surface area (Å²) in [5.41, 5.74) is 1.94. The summed E-state index contributed by atoms with van der Waals surface area (Å²) in [5.74, 6) is 1.20. The highest BCUT2D eigenvalue weighted by Crippen LogP contribution is 2.28. The summed E-state index contributed by atoms with van der Waals surface area (Å²) in [6, 6.07) is 7.92. The van der Waals surface area contributed by atoms with Crippen molar-refractivity contribution in [2.75, 3.05) is 0 Å². The van der Waals surface area contributed by atoms with Crippen molar-refractivity contribution >= 4 is 16.3 Å². The van der Waals surface area contributed by atoms with E-state index in [1.54, 1.807) is 0 Å². The van der Waals surface area contributed by atoms with Crippen molar-refractivity contribution in [2.45, 2.75) is 20.0 Å². The molecule has 4 nitrogen and oxygen atoms in total. The fraction of sp³-hybridized carbons (Fsp3) is 0.214. The molecule has 2 heterocycles. The van der Waals surface area contributed by atoms with Gasteiger partial charge in [0.2, 0.25) is 5.88 Å². The van der Waals surface area contributed by atoms with E-state index in [1.165, 1.54) is 16.9 Å². The predicted molar refractivity (Wildman–Crippen MR) is 74.9 cm³/mol. The van der Waals surface area contributed by atoms with Gasteiger partial charge in [0.15, 0.2) is 4.96 Å². The lowest BCUT2D eigenvalue weighted by molar-refractivity contribution is 0.270. The number of benzene rings is 1. The smallest absolute Gasteiger partial charge is 0.244 e. The van der Waals surface area contributed by atoms with Gasteiger partial charge in [-0.3, -0.25) is 4.40 Å². The number of hydrogen-bond donors (Lipinski definition) is 1. The number of aliphatic hydroxyl groups excluding tert-OH is 1. The van der Waals surface area contributed by atoms with Crippen LogP contribution in [-0.4, -0.2) is 14.5 Å². The van der Waals surface area contributed by atoms with Gasteiger partial charge in [-0.2, -0.15) is 4.98 Å². The molecule has 1 aromatic carbocycles. The van der Waals surface area contributed by atoms with Crippen molar-refractivity contribution in [1.29, 1.82) is 0 Å². The van der Waals surface area contributed by atoms with Crippen LogP contribution in [0.3, 0.4) is 0 Å². The van der Waals surface area contributed by atoms with Gasteiger partial charge in [0.05, 0.1) is 6.61 Å². The molecular formula is C14H14N2O2S. The number of nitrogens with zero attached hydrogens (tertiary/aromatic N) is 2. The van der Waals surface area contributed by atoms with E-state index in [2.05, 4.69) is 11.9 Å². The van der Waals surface area contributed by atoms with Crippen LogP contribution < -0.4 is 4.74 Å². The Morgan fingerprint density at radius 2 is 2.11 bits per heavy atom. The molecule has 0 fully saturated rings. The molecule has 3 rings (SSSR count). The second-order valence-electron chi connectivity index (χ2n) is 4.18. The normalized spacial score (nSPS) is 11.1. The van der Waals surface area contributed by atoms with Crippen molar-refractivity contribution in [3.05, 3.63) is 47.1 Å². The first-order valence-corrected chi connectivity index (χ1v) is 7.02. The van der Waals surface area contributed by atoms with Crippen LogP contribution in [0.5, 0.6) is 11.6 Å². The summed E-state index contributed by atoms with van der Waals surface area (Å²) >= 11 is 1.52. The van der Waals surface area contributed by atoms with Crippen molar-refractivity contribution in [2.24, 2.45) is 0 Å². The van der Waals surface area contributed by atoms with E-state index in [0.29, 0.717) is 11.6 Å². The van der Waals surface area contributed by atoms with E-state index in [9.17, 15) is 5.11 Å². The summed E-state index contributed by atoms with van der Waals surface area (Å²) in [5, 5.41) is 11.4. The van der Waals surface area contributed by atoms with Crippen LogP contribution >= 0.6 is 11.3 Å². The molecule has 19 heavy (non-hydrogen) atoms. The molecule has 0 saturated heterocycles. The molecule has 0 aliphatic carbocycles. The molecule has 0 unspecified atom stereocenters. The van der Waals surface area contributed by atoms with Gasteiger partial charge in [0, 0.05) is 11.6 Å². The first-order valence-electron chi connectivity index (χ1n) is 6.14. The minimum Gasteiger partial charge on any atom is -0.437 e. The van der Waals surface area contributed by atoms with Crippen LogP contribution in [0.25, 0.3) is 4.96 Å². The standard InChI is InChI=1S/C14H14N2O2S/c1-2-10-3-5-11(6-4-10)18-13-12(9-17)16-7-8-19-14(16)15-13/h3-8,17H,2,9H2,1H3. The summed E-state index contributed by atoms with van der Waals surface area (Å²) < 4.78 is 7.61. The zero-order valence-corrected chi connectivity index (χ0v) is 11.4. The zero-order valence-electron chi connectivity index (χ0n) is 10.5. The van der Waals surface area contributed by atoms with Crippen molar-refractivity contribution < 1.29 is 9.84 Å². The number of aliphatic hydroxyl groups is 1. The van der Waals surface area contributed by atoms with Crippen LogP contribution in [0.15, 0.2) is 35.8 Å². The molecule has 0 spiro atoms. The molecule has 98 valence electrons. The Morgan fingerprint density at radius 1 is 1.32 bits per heavy atom. The van der Waals surface area contributed by atoms with Gasteiger partial charge >= 0.3 is 0 Å². The van der Waals surface area contributed by atoms with Crippen molar-refractivity contribution in [1.82, 2.24) is 9.38 Å². The van der Waals surface area contributed by atoms with Gasteiger partial charge in [-0.1, -0.05) is 19.1 Å². The van der Waals surface area contributed by atoms with Crippen molar-refractivity contribution in [3.63, 3.8) is 0 Å². The van der Waals surface area contributed by atoms with E-state index >= 15 is 0 Å². The number of ether oxygens (including phenoxy) is 1. The molecule has 0 amide bonds. The van der Waals surface area contributed by atoms with Gasteiger partial charge in [-0.05, 0) is 24.1 Å². The van der Waals surface area contributed by atoms with Crippen LogP contribution in [-0.2, 0) is 13.0 Å². The number of fused-ring (bicyclic) bond motifs is 1. The molecular weight excluding hydrogens is 260 g/mol. The summed E-state index contributed by atoms with van der Waals surface area (Å²) in [6.07, 6.45) is 2.88. The van der Waals surface area contributed by atoms with Gasteiger partial charge < -0.3 is 9.84 Å². The summed E-state index contributed by atoms with van der Waals surface area (Å²) in [6.45, 7) is 2.02. The maximum absolute atomic E-state index is 9.45. The number of imidazole rings is 1. The third-order valence-corrected chi connectivity index (χ3v) is 3.78. The first-order chi connectivity index (χ1) is 9.31. The van der Waals surface area contributed by atoms with Crippen LogP contribution in [0.4, 0.5) is 0 Å². The molecule has 0 radical (unpaired) electrons. The fourth-order valence-corrected chi connectivity index (χ4v) is 2.67. The molecule has 0 bridgehead atoms. The second kappa shape index (κ2) is 5.03. The Balaban J connectivity index is 1.93. The van der Waals surface area contributed by atoms with Gasteiger partial charge in [0.1, 0.15) is 11.4 Å². The number of thiazole rings is 1. The number of aromatic nitrogens is 2. The third-order valence-electron chi connectivity index (χ3n) is 3.02. The lowest BCUT2D eigenvalue weighted by Gasteiger charge is -2.05. The van der Waals surface area contributed by atoms with Crippen LogP contribution in [0.1, 0.15) is 18.2 Å². The maximum atomic E-state index is 9.45. The van der Waals surface area contributed by atoms with E-state index < -0.39 is 0 Å². The van der Waals surface area contributed by atoms with E-state index in [0.717, 1.165) is 17.1 Å². The van der Waals surface area contributed by atoms with Gasteiger partial charge in [0.25, 0.3) is 0 Å². The van der Waals surface area contributed by atoms with Gasteiger partial charge in [-0.15, -0.1) is 11.3 Å².